The number of carbonyl (C=O) groups excluding carboxylic acids is 1. The molecule has 0 aromatic carbocycles. The Kier molecular flexibility index (Phi) is 5.51. The number of nitrogens with zero attached hydrogens (tertiary/aromatic N) is 2. The number of carboxylic acid groups (broad SMARTS) is 1. The van der Waals surface area contributed by atoms with E-state index in [0.717, 1.165) is 10.6 Å². The molecule has 0 atom stereocenters. The number of aryl methyl sites for hydroxylation is 1. The first-order valence-electron chi connectivity index (χ1n) is 6.81. The Morgan fingerprint density at radius 1 is 1.52 bits per heavy atom. The second-order valence-electron chi connectivity index (χ2n) is 4.91. The average molecular weight is 313 g/mol. The minimum absolute atomic E-state index is 0.0751. The fourth-order valence-electron chi connectivity index (χ4n) is 2.18. The van der Waals surface area contributed by atoms with Gasteiger partial charge in [0.1, 0.15) is 6.61 Å². The van der Waals surface area contributed by atoms with Crippen molar-refractivity contribution in [3.63, 3.8) is 0 Å². The van der Waals surface area contributed by atoms with Crippen LogP contribution in [0.5, 0.6) is 0 Å². The summed E-state index contributed by atoms with van der Waals surface area (Å²) in [4.78, 5) is 29.4. The molecule has 0 bridgehead atoms. The molecular weight excluding hydrogens is 294 g/mol. The van der Waals surface area contributed by atoms with E-state index < -0.39 is 5.97 Å². The van der Waals surface area contributed by atoms with Gasteiger partial charge in [0.25, 0.3) is 0 Å². The van der Waals surface area contributed by atoms with Gasteiger partial charge in [-0.05, 0) is 19.8 Å². The van der Waals surface area contributed by atoms with Gasteiger partial charge in [-0.2, -0.15) is 0 Å². The van der Waals surface area contributed by atoms with Crippen molar-refractivity contribution in [1.29, 1.82) is 0 Å². The van der Waals surface area contributed by atoms with Crippen LogP contribution in [0.25, 0.3) is 0 Å². The van der Waals surface area contributed by atoms with Gasteiger partial charge in [-0.1, -0.05) is 0 Å². The van der Waals surface area contributed by atoms with Crippen LogP contribution in [-0.2, 0) is 16.1 Å². The molecule has 2 amide bonds. The maximum atomic E-state index is 12.0. The van der Waals surface area contributed by atoms with Crippen LogP contribution in [0.1, 0.15) is 23.4 Å². The maximum absolute atomic E-state index is 12.0. The fraction of sp³-hybridized carbons (Fsp3) is 0.615. The van der Waals surface area contributed by atoms with Gasteiger partial charge in [-0.3, -0.25) is 0 Å². The average Bonchev–Trinajstić information content (AvgIpc) is 2.88. The summed E-state index contributed by atoms with van der Waals surface area (Å²) in [6, 6.07) is -0.0977. The van der Waals surface area contributed by atoms with Crippen LogP contribution < -0.4 is 5.32 Å². The Hall–Kier alpha value is -1.67. The lowest BCUT2D eigenvalue weighted by Crippen LogP contribution is -2.45. The SMILES string of the molecule is Cc1ncsc1CNC(=O)N1CCC(OCC(=O)O)CC1. The number of likely N-dealkylation sites (tertiary alicyclic amines) is 1. The van der Waals surface area contributed by atoms with Crippen LogP contribution in [0, 0.1) is 6.92 Å². The molecule has 0 unspecified atom stereocenters. The zero-order chi connectivity index (χ0) is 15.2. The number of ether oxygens (including phenoxy) is 1. The van der Waals surface area contributed by atoms with Crippen LogP contribution in [0.3, 0.4) is 0 Å². The quantitative estimate of drug-likeness (QED) is 0.853. The third-order valence-corrected chi connectivity index (χ3v) is 4.35. The van der Waals surface area contributed by atoms with E-state index >= 15 is 0 Å². The highest BCUT2D eigenvalue weighted by molar-refractivity contribution is 7.09. The summed E-state index contributed by atoms with van der Waals surface area (Å²) in [5.41, 5.74) is 2.71. The summed E-state index contributed by atoms with van der Waals surface area (Å²) in [5.74, 6) is -0.963. The molecule has 1 fully saturated rings. The molecule has 2 rings (SSSR count). The summed E-state index contributed by atoms with van der Waals surface area (Å²) in [7, 11) is 0. The van der Waals surface area contributed by atoms with Gasteiger partial charge in [0.2, 0.25) is 0 Å². The summed E-state index contributed by atoms with van der Waals surface area (Å²) in [6.45, 7) is 3.30. The van der Waals surface area contributed by atoms with Gasteiger partial charge in [0.05, 0.1) is 23.9 Å². The van der Waals surface area contributed by atoms with Crippen molar-refractivity contribution in [1.82, 2.24) is 15.2 Å². The normalized spacial score (nSPS) is 16.0. The van der Waals surface area contributed by atoms with Crippen molar-refractivity contribution in [2.75, 3.05) is 19.7 Å². The number of amides is 2. The van der Waals surface area contributed by atoms with E-state index in [1.54, 1.807) is 10.4 Å². The lowest BCUT2D eigenvalue weighted by atomic mass is 10.1. The van der Waals surface area contributed by atoms with Crippen LogP contribution in [0.2, 0.25) is 0 Å². The Balaban J connectivity index is 1.70. The van der Waals surface area contributed by atoms with Crippen LogP contribution in [-0.4, -0.2) is 52.8 Å². The summed E-state index contributed by atoms with van der Waals surface area (Å²) in [5, 5.41) is 11.4. The summed E-state index contributed by atoms with van der Waals surface area (Å²) in [6.07, 6.45) is 1.26. The monoisotopic (exact) mass is 313 g/mol. The zero-order valence-corrected chi connectivity index (χ0v) is 12.7. The second kappa shape index (κ2) is 7.37. The molecule has 0 saturated carbocycles. The molecular formula is C13H19N3O4S. The molecule has 1 aromatic rings. The lowest BCUT2D eigenvalue weighted by Gasteiger charge is -2.31. The molecule has 1 aromatic heterocycles. The van der Waals surface area contributed by atoms with Crippen molar-refractivity contribution in [2.24, 2.45) is 0 Å². The van der Waals surface area contributed by atoms with Crippen molar-refractivity contribution in [2.45, 2.75) is 32.4 Å². The van der Waals surface area contributed by atoms with Crippen LogP contribution in [0.4, 0.5) is 4.79 Å². The zero-order valence-electron chi connectivity index (χ0n) is 11.9. The maximum Gasteiger partial charge on any atom is 0.329 e. The number of hydrogen-bond acceptors (Lipinski definition) is 5. The summed E-state index contributed by atoms with van der Waals surface area (Å²) >= 11 is 1.53. The van der Waals surface area contributed by atoms with E-state index in [-0.39, 0.29) is 18.7 Å². The first-order valence-corrected chi connectivity index (χ1v) is 7.69. The van der Waals surface area contributed by atoms with E-state index in [2.05, 4.69) is 10.3 Å². The molecule has 1 aliphatic heterocycles. The molecule has 2 N–H and O–H groups in total. The van der Waals surface area contributed by atoms with Gasteiger partial charge in [-0.25, -0.2) is 14.6 Å². The number of carboxylic acids is 1. The number of urea groups is 1. The highest BCUT2D eigenvalue weighted by atomic mass is 32.1. The number of nitrogens with one attached hydrogen (secondary N) is 1. The summed E-state index contributed by atoms with van der Waals surface area (Å²) < 4.78 is 5.24. The van der Waals surface area contributed by atoms with Crippen LogP contribution in [0.15, 0.2) is 5.51 Å². The fourth-order valence-corrected chi connectivity index (χ4v) is 2.90. The third kappa shape index (κ3) is 4.68. The van der Waals surface area contributed by atoms with Gasteiger partial charge >= 0.3 is 12.0 Å². The van der Waals surface area contributed by atoms with Gasteiger partial charge in [-0.15, -0.1) is 11.3 Å². The highest BCUT2D eigenvalue weighted by Crippen LogP contribution is 2.15. The number of carbonyl (C=O) groups is 2. The molecule has 7 nitrogen and oxygen atoms in total. The number of aromatic nitrogens is 1. The predicted octanol–water partition coefficient (Wildman–Crippen LogP) is 1.23. The molecule has 0 spiro atoms. The van der Waals surface area contributed by atoms with E-state index in [9.17, 15) is 9.59 Å². The Morgan fingerprint density at radius 2 is 2.24 bits per heavy atom. The van der Waals surface area contributed by atoms with Crippen molar-refractivity contribution in [3.8, 4) is 0 Å². The van der Waals surface area contributed by atoms with Gasteiger partial charge < -0.3 is 20.1 Å². The minimum Gasteiger partial charge on any atom is -0.480 e. The number of hydrogen-bond donors (Lipinski definition) is 2. The van der Waals surface area contributed by atoms with Crippen molar-refractivity contribution >= 4 is 23.3 Å². The molecule has 21 heavy (non-hydrogen) atoms. The smallest absolute Gasteiger partial charge is 0.329 e. The number of thiazole rings is 1. The minimum atomic E-state index is -0.963. The van der Waals surface area contributed by atoms with E-state index in [0.29, 0.717) is 32.5 Å². The molecule has 1 aliphatic rings. The van der Waals surface area contributed by atoms with E-state index in [4.69, 9.17) is 9.84 Å². The third-order valence-electron chi connectivity index (χ3n) is 3.42. The molecule has 0 radical (unpaired) electrons. The number of piperidine rings is 1. The van der Waals surface area contributed by atoms with Crippen LogP contribution >= 0.6 is 11.3 Å². The molecule has 8 heteroatoms. The van der Waals surface area contributed by atoms with E-state index in [1.165, 1.54) is 11.3 Å². The van der Waals surface area contributed by atoms with Gasteiger partial charge in [0, 0.05) is 18.0 Å². The predicted molar refractivity (Wildman–Crippen MR) is 77.3 cm³/mol. The highest BCUT2D eigenvalue weighted by Gasteiger charge is 2.23. The molecule has 2 heterocycles. The number of aliphatic carboxylic acids is 1. The van der Waals surface area contributed by atoms with Crippen molar-refractivity contribution < 1.29 is 19.4 Å². The Labute approximate surface area is 126 Å². The van der Waals surface area contributed by atoms with E-state index in [1.807, 2.05) is 6.92 Å². The molecule has 116 valence electrons. The largest absolute Gasteiger partial charge is 0.480 e. The van der Waals surface area contributed by atoms with Crippen molar-refractivity contribution in [3.05, 3.63) is 16.1 Å². The van der Waals surface area contributed by atoms with Gasteiger partial charge in [0.15, 0.2) is 0 Å². The second-order valence-corrected chi connectivity index (χ2v) is 5.85. The standard InChI is InChI=1S/C13H19N3O4S/c1-9-11(21-8-15-9)6-14-13(19)16-4-2-10(3-5-16)20-7-12(17)18/h8,10H,2-7H2,1H3,(H,14,19)(H,17,18). The topological polar surface area (TPSA) is 91.8 Å². The Bertz CT molecular complexity index is 497. The molecule has 0 aliphatic carbocycles. The number of rotatable bonds is 5. The first-order chi connectivity index (χ1) is 10.1. The molecule has 1 saturated heterocycles. The Morgan fingerprint density at radius 3 is 2.81 bits per heavy atom. The lowest BCUT2D eigenvalue weighted by molar-refractivity contribution is -0.145. The first kappa shape index (κ1) is 15.7.